The van der Waals surface area contributed by atoms with Gasteiger partial charge in [-0.2, -0.15) is 13.2 Å². The number of benzene rings is 1. The van der Waals surface area contributed by atoms with Crippen LogP contribution in [0.5, 0.6) is 0 Å². The summed E-state index contributed by atoms with van der Waals surface area (Å²) in [7, 11) is 0. The molecule has 0 aromatic heterocycles. The first-order valence-electron chi connectivity index (χ1n) is 6.42. The third kappa shape index (κ3) is 6.34. The summed E-state index contributed by atoms with van der Waals surface area (Å²) in [5.41, 5.74) is 0.364. The van der Waals surface area contributed by atoms with Gasteiger partial charge in [0.2, 0.25) is 0 Å². The molecule has 0 aliphatic carbocycles. The zero-order chi connectivity index (χ0) is 15.2. The maximum atomic E-state index is 13.7. The fourth-order valence-electron chi connectivity index (χ4n) is 1.76. The van der Waals surface area contributed by atoms with E-state index in [1.807, 2.05) is 13.8 Å². The molecule has 0 saturated carbocycles. The van der Waals surface area contributed by atoms with Gasteiger partial charge in [0, 0.05) is 18.5 Å². The van der Waals surface area contributed by atoms with Crippen molar-refractivity contribution in [2.45, 2.75) is 32.0 Å². The third-order valence-corrected chi connectivity index (χ3v) is 2.70. The van der Waals surface area contributed by atoms with Crippen molar-refractivity contribution < 1.29 is 22.3 Å². The smallest absolute Gasteiger partial charge is 0.371 e. The molecule has 1 N–H and O–H groups in total. The molecule has 0 bridgehead atoms. The van der Waals surface area contributed by atoms with Gasteiger partial charge in [0.15, 0.2) is 0 Å². The fourth-order valence-corrected chi connectivity index (χ4v) is 1.76. The number of hydrogen-bond acceptors (Lipinski definition) is 2. The van der Waals surface area contributed by atoms with Crippen LogP contribution in [-0.2, 0) is 4.74 Å². The minimum Gasteiger partial charge on any atom is -0.371 e. The van der Waals surface area contributed by atoms with Crippen LogP contribution in [0.4, 0.5) is 17.6 Å². The molecule has 1 atom stereocenters. The number of hydrogen-bond donors (Lipinski definition) is 1. The Kier molecular flexibility index (Phi) is 6.42. The van der Waals surface area contributed by atoms with E-state index in [2.05, 4.69) is 10.1 Å². The highest BCUT2D eigenvalue weighted by Crippen LogP contribution is 2.21. The predicted molar refractivity (Wildman–Crippen MR) is 69.2 cm³/mol. The number of ether oxygens (including phenoxy) is 1. The largest absolute Gasteiger partial charge is 0.411 e. The lowest BCUT2D eigenvalue weighted by atomic mass is 9.99. The summed E-state index contributed by atoms with van der Waals surface area (Å²) in [6, 6.07) is 6.22. The maximum Gasteiger partial charge on any atom is 0.411 e. The number of alkyl halides is 3. The minimum absolute atomic E-state index is 0.159. The topological polar surface area (TPSA) is 21.3 Å². The molecule has 0 amide bonds. The second kappa shape index (κ2) is 7.59. The average Bonchev–Trinajstić information content (AvgIpc) is 2.33. The summed E-state index contributed by atoms with van der Waals surface area (Å²) in [5, 5.41) is 3.09. The quantitative estimate of drug-likeness (QED) is 0.777. The zero-order valence-corrected chi connectivity index (χ0v) is 11.5. The molecule has 0 aliphatic rings. The second-order valence-electron chi connectivity index (χ2n) is 4.91. The molecule has 6 heteroatoms. The number of rotatable bonds is 7. The first kappa shape index (κ1) is 16.9. The van der Waals surface area contributed by atoms with Gasteiger partial charge in [0.25, 0.3) is 0 Å². The Hall–Kier alpha value is -1.14. The van der Waals surface area contributed by atoms with E-state index >= 15 is 0 Å². The van der Waals surface area contributed by atoms with Crippen molar-refractivity contribution in [1.82, 2.24) is 5.32 Å². The molecule has 114 valence electrons. The lowest BCUT2D eigenvalue weighted by molar-refractivity contribution is -0.174. The van der Waals surface area contributed by atoms with Crippen molar-refractivity contribution in [2.75, 3.05) is 19.8 Å². The van der Waals surface area contributed by atoms with Crippen LogP contribution >= 0.6 is 0 Å². The van der Waals surface area contributed by atoms with E-state index in [9.17, 15) is 17.6 Å². The summed E-state index contributed by atoms with van der Waals surface area (Å²) < 4.78 is 54.7. The van der Waals surface area contributed by atoms with Crippen LogP contribution in [0.25, 0.3) is 0 Å². The number of halogens is 4. The molecular weight excluding hydrogens is 274 g/mol. The lowest BCUT2D eigenvalue weighted by Crippen LogP contribution is -2.31. The van der Waals surface area contributed by atoms with Gasteiger partial charge in [0.05, 0.1) is 6.61 Å². The average molecular weight is 293 g/mol. The van der Waals surface area contributed by atoms with Crippen LogP contribution in [0.3, 0.4) is 0 Å². The Morgan fingerprint density at radius 3 is 2.40 bits per heavy atom. The minimum atomic E-state index is -4.37. The van der Waals surface area contributed by atoms with Crippen molar-refractivity contribution in [3.63, 3.8) is 0 Å². The van der Waals surface area contributed by atoms with Crippen molar-refractivity contribution >= 4 is 0 Å². The summed E-state index contributed by atoms with van der Waals surface area (Å²) in [6.45, 7) is 2.68. The van der Waals surface area contributed by atoms with E-state index in [4.69, 9.17) is 0 Å². The monoisotopic (exact) mass is 293 g/mol. The van der Waals surface area contributed by atoms with Crippen LogP contribution < -0.4 is 5.32 Å². The van der Waals surface area contributed by atoms with Gasteiger partial charge in [-0.25, -0.2) is 4.39 Å². The van der Waals surface area contributed by atoms with E-state index in [0.29, 0.717) is 12.1 Å². The van der Waals surface area contributed by atoms with Crippen LogP contribution in [0.2, 0.25) is 0 Å². The highest BCUT2D eigenvalue weighted by atomic mass is 19.4. The molecule has 0 fully saturated rings. The Morgan fingerprint density at radius 1 is 1.20 bits per heavy atom. The van der Waals surface area contributed by atoms with Gasteiger partial charge in [-0.05, 0) is 11.6 Å². The highest BCUT2D eigenvalue weighted by molar-refractivity contribution is 5.22. The molecular formula is C14H19F4NO. The predicted octanol–water partition coefficient (Wildman–Crippen LogP) is 3.49. The second-order valence-corrected chi connectivity index (χ2v) is 4.91. The normalized spacial score (nSPS) is 13.8. The Morgan fingerprint density at radius 2 is 1.85 bits per heavy atom. The van der Waals surface area contributed by atoms with E-state index in [1.165, 1.54) is 6.07 Å². The van der Waals surface area contributed by atoms with Gasteiger partial charge in [-0.3, -0.25) is 0 Å². The maximum absolute atomic E-state index is 13.7. The third-order valence-electron chi connectivity index (χ3n) is 2.70. The van der Waals surface area contributed by atoms with E-state index < -0.39 is 24.5 Å². The standard InChI is InChI=1S/C14H19F4NO/c1-10(2)19-7-11(8-20-9-14(16,17)18)12-5-3-4-6-13(12)15/h3-6,10-11,19H,7-9H2,1-2H3. The first-order chi connectivity index (χ1) is 9.29. The molecule has 2 nitrogen and oxygen atoms in total. The zero-order valence-electron chi connectivity index (χ0n) is 11.5. The van der Waals surface area contributed by atoms with Gasteiger partial charge >= 0.3 is 6.18 Å². The van der Waals surface area contributed by atoms with Crippen molar-refractivity contribution in [1.29, 1.82) is 0 Å². The van der Waals surface area contributed by atoms with Crippen molar-refractivity contribution in [3.05, 3.63) is 35.6 Å². The molecule has 1 aromatic rings. The van der Waals surface area contributed by atoms with Gasteiger partial charge in [-0.15, -0.1) is 0 Å². The van der Waals surface area contributed by atoms with Crippen LogP contribution in [-0.4, -0.2) is 32.0 Å². The molecule has 1 rings (SSSR count). The van der Waals surface area contributed by atoms with E-state index in [1.54, 1.807) is 18.2 Å². The molecule has 1 unspecified atom stereocenters. The highest BCUT2D eigenvalue weighted by Gasteiger charge is 2.28. The molecule has 20 heavy (non-hydrogen) atoms. The summed E-state index contributed by atoms with van der Waals surface area (Å²) in [4.78, 5) is 0. The molecule has 0 aliphatic heterocycles. The Bertz CT molecular complexity index is 406. The Labute approximate surface area is 116 Å². The van der Waals surface area contributed by atoms with Crippen LogP contribution in [0.1, 0.15) is 25.3 Å². The van der Waals surface area contributed by atoms with E-state index in [0.717, 1.165) is 0 Å². The summed E-state index contributed by atoms with van der Waals surface area (Å²) >= 11 is 0. The van der Waals surface area contributed by atoms with Crippen molar-refractivity contribution in [2.24, 2.45) is 0 Å². The molecule has 0 heterocycles. The molecule has 0 radical (unpaired) electrons. The van der Waals surface area contributed by atoms with Gasteiger partial charge < -0.3 is 10.1 Å². The Balaban J connectivity index is 2.68. The number of nitrogens with one attached hydrogen (secondary N) is 1. The molecule has 0 saturated heterocycles. The van der Waals surface area contributed by atoms with Gasteiger partial charge in [0.1, 0.15) is 12.4 Å². The van der Waals surface area contributed by atoms with Crippen LogP contribution in [0.15, 0.2) is 24.3 Å². The molecule has 0 spiro atoms. The van der Waals surface area contributed by atoms with Crippen LogP contribution in [0, 0.1) is 5.82 Å². The van der Waals surface area contributed by atoms with Gasteiger partial charge in [-0.1, -0.05) is 32.0 Å². The van der Waals surface area contributed by atoms with Crippen molar-refractivity contribution in [3.8, 4) is 0 Å². The van der Waals surface area contributed by atoms with E-state index in [-0.39, 0.29) is 12.6 Å². The molecule has 1 aromatic carbocycles. The SMILES string of the molecule is CC(C)NCC(COCC(F)(F)F)c1ccccc1F. The first-order valence-corrected chi connectivity index (χ1v) is 6.42. The fraction of sp³-hybridized carbons (Fsp3) is 0.571. The summed E-state index contributed by atoms with van der Waals surface area (Å²) in [5.74, 6) is -0.889. The lowest BCUT2D eigenvalue weighted by Gasteiger charge is -2.20. The summed E-state index contributed by atoms with van der Waals surface area (Å²) in [6.07, 6.45) is -4.37.